The summed E-state index contributed by atoms with van der Waals surface area (Å²) in [5.41, 5.74) is 1.35. The van der Waals surface area contributed by atoms with Crippen molar-refractivity contribution in [1.29, 1.82) is 0 Å². The minimum Gasteiger partial charge on any atom is -0.497 e. The Kier molecular flexibility index (Phi) is 6.45. The summed E-state index contributed by atoms with van der Waals surface area (Å²) >= 11 is 4.52. The maximum absolute atomic E-state index is 6.20. The molecular weight excluding hydrogens is 280 g/mol. The molecule has 0 saturated carbocycles. The first kappa shape index (κ1) is 18.2. The van der Waals surface area contributed by atoms with Gasteiger partial charge in [0.05, 0.1) is 13.7 Å². The fourth-order valence-electron chi connectivity index (χ4n) is 2.30. The number of hydrogen-bond acceptors (Lipinski definition) is 3. The van der Waals surface area contributed by atoms with Gasteiger partial charge in [-0.25, -0.2) is 0 Å². The lowest BCUT2D eigenvalue weighted by atomic mass is 9.84. The molecule has 120 valence electrons. The van der Waals surface area contributed by atoms with E-state index < -0.39 is 0 Å². The molecule has 0 aliphatic rings. The Morgan fingerprint density at radius 2 is 1.71 bits per heavy atom. The maximum Gasteiger partial charge on any atom is 0.123 e. The van der Waals surface area contributed by atoms with Gasteiger partial charge in [0.15, 0.2) is 0 Å². The van der Waals surface area contributed by atoms with Crippen molar-refractivity contribution in [2.24, 2.45) is 5.41 Å². The summed E-state index contributed by atoms with van der Waals surface area (Å²) in [5, 5.41) is 0. The normalized spacial score (nSPS) is 12.3. The lowest BCUT2D eigenvalue weighted by molar-refractivity contribution is 0.154. The molecule has 0 saturated heterocycles. The predicted molar refractivity (Wildman–Crippen MR) is 94.1 cm³/mol. The van der Waals surface area contributed by atoms with Crippen LogP contribution in [0.4, 0.5) is 0 Å². The van der Waals surface area contributed by atoms with Gasteiger partial charge in [-0.05, 0) is 42.2 Å². The molecule has 0 aliphatic heterocycles. The first-order chi connectivity index (χ1) is 9.81. The molecule has 3 heteroatoms. The third kappa shape index (κ3) is 4.57. The van der Waals surface area contributed by atoms with E-state index in [0.29, 0.717) is 6.61 Å². The van der Waals surface area contributed by atoms with Gasteiger partial charge in [-0.3, -0.25) is 0 Å². The van der Waals surface area contributed by atoms with Crippen molar-refractivity contribution in [3.8, 4) is 11.5 Å². The van der Waals surface area contributed by atoms with E-state index >= 15 is 0 Å². The largest absolute Gasteiger partial charge is 0.497 e. The highest BCUT2D eigenvalue weighted by Gasteiger charge is 2.27. The van der Waals surface area contributed by atoms with Crippen molar-refractivity contribution < 1.29 is 9.47 Å². The summed E-state index contributed by atoms with van der Waals surface area (Å²) in [5.74, 6) is 2.68. The zero-order valence-electron chi connectivity index (χ0n) is 14.3. The highest BCUT2D eigenvalue weighted by molar-refractivity contribution is 7.80. The van der Waals surface area contributed by atoms with E-state index in [1.807, 2.05) is 12.1 Å². The average Bonchev–Trinajstić information content (AvgIpc) is 2.48. The van der Waals surface area contributed by atoms with Crippen molar-refractivity contribution in [2.75, 3.05) is 19.5 Å². The van der Waals surface area contributed by atoms with Gasteiger partial charge in [0.1, 0.15) is 11.5 Å². The lowest BCUT2D eigenvalue weighted by Gasteiger charge is -2.31. The topological polar surface area (TPSA) is 18.5 Å². The predicted octanol–water partition coefficient (Wildman–Crippen LogP) is 5.11. The van der Waals surface area contributed by atoms with E-state index in [0.717, 1.165) is 30.1 Å². The molecule has 0 amide bonds. The first-order valence-electron chi connectivity index (χ1n) is 7.74. The summed E-state index contributed by atoms with van der Waals surface area (Å²) in [6, 6.07) is 6.06. The Morgan fingerprint density at radius 3 is 2.14 bits per heavy atom. The van der Waals surface area contributed by atoms with E-state index in [1.165, 1.54) is 5.56 Å². The monoisotopic (exact) mass is 310 g/mol. The Labute approximate surface area is 135 Å². The quantitative estimate of drug-likeness (QED) is 0.706. The number of rotatable bonds is 7. The molecule has 0 N–H and O–H groups in total. The molecule has 1 aromatic rings. The van der Waals surface area contributed by atoms with E-state index in [4.69, 9.17) is 9.47 Å². The van der Waals surface area contributed by atoms with Crippen LogP contribution in [-0.2, 0) is 5.41 Å². The lowest BCUT2D eigenvalue weighted by Crippen LogP contribution is -2.29. The van der Waals surface area contributed by atoms with Crippen molar-refractivity contribution in [1.82, 2.24) is 0 Å². The highest BCUT2D eigenvalue weighted by atomic mass is 32.1. The summed E-state index contributed by atoms with van der Waals surface area (Å²) < 4.78 is 11.5. The molecular formula is C18H30O2S. The smallest absolute Gasteiger partial charge is 0.123 e. The van der Waals surface area contributed by atoms with Gasteiger partial charge in [0.25, 0.3) is 0 Å². The Hall–Kier alpha value is -0.830. The Morgan fingerprint density at radius 1 is 1.10 bits per heavy atom. The van der Waals surface area contributed by atoms with Gasteiger partial charge in [-0.15, -0.1) is 0 Å². The van der Waals surface area contributed by atoms with E-state index in [2.05, 4.69) is 53.3 Å². The van der Waals surface area contributed by atoms with Crippen molar-refractivity contribution in [3.63, 3.8) is 0 Å². The van der Waals surface area contributed by atoms with Crippen molar-refractivity contribution in [2.45, 2.75) is 52.9 Å². The molecule has 0 aliphatic carbocycles. The second kappa shape index (κ2) is 7.44. The number of benzene rings is 1. The minimum absolute atomic E-state index is 0.0198. The molecule has 21 heavy (non-hydrogen) atoms. The number of ether oxygens (including phenoxy) is 2. The van der Waals surface area contributed by atoms with Gasteiger partial charge in [0, 0.05) is 11.0 Å². The van der Waals surface area contributed by atoms with E-state index in [1.54, 1.807) is 7.11 Å². The summed E-state index contributed by atoms with van der Waals surface area (Å²) in [4.78, 5) is 0. The van der Waals surface area contributed by atoms with Crippen LogP contribution in [0.5, 0.6) is 11.5 Å². The average molecular weight is 311 g/mol. The second-order valence-corrected chi connectivity index (χ2v) is 7.08. The van der Waals surface area contributed by atoms with Crippen LogP contribution in [0.2, 0.25) is 0 Å². The van der Waals surface area contributed by atoms with Crippen LogP contribution in [0.25, 0.3) is 0 Å². The van der Waals surface area contributed by atoms with E-state index in [9.17, 15) is 0 Å². The second-order valence-electron chi connectivity index (χ2n) is 6.77. The number of thiol groups is 1. The van der Waals surface area contributed by atoms with Crippen LogP contribution in [-0.4, -0.2) is 19.5 Å². The molecule has 0 fully saturated rings. The standard InChI is InChI=1S/C18H30O2S/c1-7-18(8-2,13-21)12-20-16-10-9-14(19-6)11-15(16)17(3,4)5/h9-11,21H,7-8,12-13H2,1-6H3. The Balaban J connectivity index is 3.03. The molecule has 0 heterocycles. The summed E-state index contributed by atoms with van der Waals surface area (Å²) in [7, 11) is 1.70. The molecule has 0 aromatic heterocycles. The molecule has 0 bridgehead atoms. The molecule has 2 nitrogen and oxygen atoms in total. The van der Waals surface area contributed by atoms with Crippen LogP contribution in [0, 0.1) is 5.41 Å². The first-order valence-corrected chi connectivity index (χ1v) is 8.37. The third-order valence-corrected chi connectivity index (χ3v) is 5.03. The highest BCUT2D eigenvalue weighted by Crippen LogP contribution is 2.36. The van der Waals surface area contributed by atoms with Gasteiger partial charge >= 0.3 is 0 Å². The molecule has 1 rings (SSSR count). The summed E-state index contributed by atoms with van der Waals surface area (Å²) in [6.07, 6.45) is 2.15. The number of hydrogen-bond donors (Lipinski definition) is 1. The molecule has 0 spiro atoms. The third-order valence-electron chi connectivity index (χ3n) is 4.36. The Bertz CT molecular complexity index is 437. The van der Waals surface area contributed by atoms with Crippen LogP contribution < -0.4 is 9.47 Å². The maximum atomic E-state index is 6.20. The van der Waals surface area contributed by atoms with Crippen LogP contribution in [0.15, 0.2) is 18.2 Å². The SMILES string of the molecule is CCC(CC)(CS)COc1ccc(OC)cc1C(C)(C)C. The molecule has 0 unspecified atom stereocenters. The molecule has 0 radical (unpaired) electrons. The van der Waals surface area contributed by atoms with Crippen molar-refractivity contribution >= 4 is 12.6 Å². The van der Waals surface area contributed by atoms with Gasteiger partial charge in [-0.1, -0.05) is 34.6 Å². The number of methoxy groups -OCH3 is 1. The van der Waals surface area contributed by atoms with Crippen LogP contribution in [0.3, 0.4) is 0 Å². The van der Waals surface area contributed by atoms with Crippen molar-refractivity contribution in [3.05, 3.63) is 23.8 Å². The fourth-order valence-corrected chi connectivity index (χ4v) is 2.84. The minimum atomic E-state index is 0.0198. The van der Waals surface area contributed by atoms with Crippen LogP contribution in [0.1, 0.15) is 53.0 Å². The van der Waals surface area contributed by atoms with Gasteiger partial charge in [-0.2, -0.15) is 12.6 Å². The van der Waals surface area contributed by atoms with Gasteiger partial charge < -0.3 is 9.47 Å². The zero-order chi connectivity index (χ0) is 16.1. The van der Waals surface area contributed by atoms with E-state index in [-0.39, 0.29) is 10.8 Å². The summed E-state index contributed by atoms with van der Waals surface area (Å²) in [6.45, 7) is 11.7. The zero-order valence-corrected chi connectivity index (χ0v) is 15.2. The fraction of sp³-hybridized carbons (Fsp3) is 0.667. The molecule has 0 atom stereocenters. The molecule has 1 aromatic carbocycles. The van der Waals surface area contributed by atoms with Gasteiger partial charge in [0.2, 0.25) is 0 Å². The van der Waals surface area contributed by atoms with Crippen LogP contribution >= 0.6 is 12.6 Å².